The van der Waals surface area contributed by atoms with Crippen LogP contribution in [0.15, 0.2) is 24.3 Å². The highest BCUT2D eigenvalue weighted by Crippen LogP contribution is 2.15. The van der Waals surface area contributed by atoms with Crippen molar-refractivity contribution in [3.8, 4) is 5.75 Å². The molecule has 0 fully saturated rings. The van der Waals surface area contributed by atoms with Gasteiger partial charge < -0.3 is 10.1 Å². The maximum Gasteiger partial charge on any atom is 0.119 e. The molecule has 0 aliphatic carbocycles. The Balaban J connectivity index is 2.57. The maximum atomic E-state index is 5.48. The largest absolute Gasteiger partial charge is 0.494 e. The highest BCUT2D eigenvalue weighted by molar-refractivity contribution is 5.28. The van der Waals surface area contributed by atoms with Gasteiger partial charge in [0.15, 0.2) is 0 Å². The van der Waals surface area contributed by atoms with Crippen LogP contribution >= 0.6 is 0 Å². The van der Waals surface area contributed by atoms with Crippen LogP contribution in [0.1, 0.15) is 39.7 Å². The fourth-order valence-electron chi connectivity index (χ4n) is 1.38. The minimum Gasteiger partial charge on any atom is -0.494 e. The molecule has 2 nitrogen and oxygen atoms in total. The van der Waals surface area contributed by atoms with E-state index in [-0.39, 0.29) is 5.54 Å². The van der Waals surface area contributed by atoms with Crippen LogP contribution in [-0.4, -0.2) is 12.1 Å². The van der Waals surface area contributed by atoms with Crippen molar-refractivity contribution in [3.63, 3.8) is 0 Å². The van der Waals surface area contributed by atoms with Gasteiger partial charge in [0.25, 0.3) is 0 Å². The first-order chi connectivity index (χ1) is 7.57. The number of rotatable bonds is 6. The van der Waals surface area contributed by atoms with Crippen LogP contribution < -0.4 is 10.1 Å². The van der Waals surface area contributed by atoms with Crippen molar-refractivity contribution in [3.05, 3.63) is 29.8 Å². The second-order valence-corrected chi connectivity index (χ2v) is 4.67. The lowest BCUT2D eigenvalue weighted by Crippen LogP contribution is -2.37. The van der Waals surface area contributed by atoms with Crippen molar-refractivity contribution < 1.29 is 4.74 Å². The number of hydrogen-bond donors (Lipinski definition) is 1. The Morgan fingerprint density at radius 2 is 2.00 bits per heavy atom. The number of nitrogens with one attached hydrogen (secondary N) is 1. The zero-order valence-corrected chi connectivity index (χ0v) is 10.8. The van der Waals surface area contributed by atoms with Crippen LogP contribution in [0.2, 0.25) is 0 Å². The Kier molecular flexibility index (Phi) is 4.81. The smallest absolute Gasteiger partial charge is 0.119 e. The van der Waals surface area contributed by atoms with E-state index in [4.69, 9.17) is 4.74 Å². The zero-order chi connectivity index (χ0) is 12.0. The van der Waals surface area contributed by atoms with Crippen molar-refractivity contribution in [2.75, 3.05) is 6.61 Å². The minimum absolute atomic E-state index is 0.196. The first kappa shape index (κ1) is 13.0. The third-order valence-electron chi connectivity index (χ3n) is 2.86. The molecule has 1 N–H and O–H groups in total. The van der Waals surface area contributed by atoms with Gasteiger partial charge in [-0.15, -0.1) is 0 Å². The molecule has 0 heterocycles. The van der Waals surface area contributed by atoms with Gasteiger partial charge in [-0.25, -0.2) is 0 Å². The molecule has 0 spiro atoms. The van der Waals surface area contributed by atoms with Crippen LogP contribution in [0, 0.1) is 0 Å². The van der Waals surface area contributed by atoms with Gasteiger partial charge in [0, 0.05) is 12.1 Å². The zero-order valence-electron chi connectivity index (χ0n) is 10.8. The van der Waals surface area contributed by atoms with Gasteiger partial charge in [0.2, 0.25) is 0 Å². The molecule has 0 aliphatic rings. The predicted octanol–water partition coefficient (Wildman–Crippen LogP) is 3.36. The summed E-state index contributed by atoms with van der Waals surface area (Å²) >= 11 is 0. The number of ether oxygens (including phenoxy) is 1. The van der Waals surface area contributed by atoms with E-state index in [0.717, 1.165) is 25.3 Å². The summed E-state index contributed by atoms with van der Waals surface area (Å²) < 4.78 is 5.48. The first-order valence-corrected chi connectivity index (χ1v) is 6.04. The lowest BCUT2D eigenvalue weighted by atomic mass is 10.0. The van der Waals surface area contributed by atoms with Crippen molar-refractivity contribution in [1.29, 1.82) is 0 Å². The highest BCUT2D eigenvalue weighted by atomic mass is 16.5. The fraction of sp³-hybridized carbons (Fsp3) is 0.571. The maximum absolute atomic E-state index is 5.48. The summed E-state index contributed by atoms with van der Waals surface area (Å²) in [6.45, 7) is 10.3. The summed E-state index contributed by atoms with van der Waals surface area (Å²) in [5, 5.41) is 3.54. The van der Waals surface area contributed by atoms with Crippen LogP contribution in [0.5, 0.6) is 5.75 Å². The lowest BCUT2D eigenvalue weighted by molar-refractivity contribution is 0.338. The summed E-state index contributed by atoms with van der Waals surface area (Å²) in [6.07, 6.45) is 1.12. The fourth-order valence-corrected chi connectivity index (χ4v) is 1.38. The number of hydrogen-bond acceptors (Lipinski definition) is 2. The minimum atomic E-state index is 0.196. The van der Waals surface area contributed by atoms with Crippen LogP contribution in [0.25, 0.3) is 0 Å². The molecular formula is C14H23NO. The molecule has 0 bridgehead atoms. The second-order valence-electron chi connectivity index (χ2n) is 4.67. The summed E-state index contributed by atoms with van der Waals surface area (Å²) in [7, 11) is 0. The third kappa shape index (κ3) is 4.23. The van der Waals surface area contributed by atoms with Crippen molar-refractivity contribution in [2.24, 2.45) is 0 Å². The molecule has 0 saturated heterocycles. The average Bonchev–Trinajstić information content (AvgIpc) is 2.28. The lowest BCUT2D eigenvalue weighted by Gasteiger charge is -2.24. The van der Waals surface area contributed by atoms with E-state index in [1.54, 1.807) is 0 Å². The molecule has 0 saturated carbocycles. The van der Waals surface area contributed by atoms with E-state index in [0.29, 0.717) is 0 Å². The van der Waals surface area contributed by atoms with Gasteiger partial charge in [-0.05, 0) is 44.9 Å². The van der Waals surface area contributed by atoms with Gasteiger partial charge in [-0.3, -0.25) is 0 Å². The van der Waals surface area contributed by atoms with Gasteiger partial charge in [0.05, 0.1) is 6.61 Å². The Morgan fingerprint density at radius 3 is 2.62 bits per heavy atom. The average molecular weight is 221 g/mol. The molecule has 0 radical (unpaired) electrons. The molecule has 90 valence electrons. The first-order valence-electron chi connectivity index (χ1n) is 6.04. The monoisotopic (exact) mass is 221 g/mol. The summed E-state index contributed by atoms with van der Waals surface area (Å²) in [6, 6.07) is 8.27. The Hall–Kier alpha value is -1.02. The van der Waals surface area contributed by atoms with E-state index in [1.165, 1.54) is 5.56 Å². The van der Waals surface area contributed by atoms with Gasteiger partial charge in [-0.1, -0.05) is 19.1 Å². The molecule has 1 rings (SSSR count). The van der Waals surface area contributed by atoms with E-state index in [9.17, 15) is 0 Å². The quantitative estimate of drug-likeness (QED) is 0.795. The normalized spacial score (nSPS) is 11.5. The molecule has 0 unspecified atom stereocenters. The molecule has 0 atom stereocenters. The molecule has 1 aromatic rings. The van der Waals surface area contributed by atoms with Crippen molar-refractivity contribution >= 4 is 0 Å². The third-order valence-corrected chi connectivity index (χ3v) is 2.86. The Bertz CT molecular complexity index is 320. The Morgan fingerprint density at radius 1 is 1.25 bits per heavy atom. The Labute approximate surface area is 99.0 Å². The van der Waals surface area contributed by atoms with Crippen LogP contribution in [-0.2, 0) is 6.54 Å². The molecular weight excluding hydrogens is 198 g/mol. The molecule has 1 aromatic carbocycles. The van der Waals surface area contributed by atoms with E-state index < -0.39 is 0 Å². The SMILES string of the molecule is CCOc1cccc(CNC(C)(C)CC)c1. The van der Waals surface area contributed by atoms with E-state index in [2.05, 4.69) is 38.2 Å². The second kappa shape index (κ2) is 5.90. The van der Waals surface area contributed by atoms with Crippen molar-refractivity contribution in [2.45, 2.75) is 46.2 Å². The van der Waals surface area contributed by atoms with Crippen molar-refractivity contribution in [1.82, 2.24) is 5.32 Å². The molecule has 0 aliphatic heterocycles. The molecule has 2 heteroatoms. The summed E-state index contributed by atoms with van der Waals surface area (Å²) in [5.41, 5.74) is 1.47. The molecule has 0 amide bonds. The van der Waals surface area contributed by atoms with Crippen LogP contribution in [0.3, 0.4) is 0 Å². The van der Waals surface area contributed by atoms with Gasteiger partial charge in [-0.2, -0.15) is 0 Å². The summed E-state index contributed by atoms with van der Waals surface area (Å²) in [4.78, 5) is 0. The topological polar surface area (TPSA) is 21.3 Å². The van der Waals surface area contributed by atoms with E-state index >= 15 is 0 Å². The van der Waals surface area contributed by atoms with Crippen LogP contribution in [0.4, 0.5) is 0 Å². The number of benzene rings is 1. The predicted molar refractivity (Wildman–Crippen MR) is 68.8 cm³/mol. The molecule has 0 aromatic heterocycles. The van der Waals surface area contributed by atoms with Gasteiger partial charge in [0.1, 0.15) is 5.75 Å². The van der Waals surface area contributed by atoms with Gasteiger partial charge >= 0.3 is 0 Å². The highest BCUT2D eigenvalue weighted by Gasteiger charge is 2.13. The van der Waals surface area contributed by atoms with E-state index in [1.807, 2.05) is 19.1 Å². The summed E-state index contributed by atoms with van der Waals surface area (Å²) in [5.74, 6) is 0.955. The molecule has 16 heavy (non-hydrogen) atoms. The standard InChI is InChI=1S/C14H23NO/c1-5-14(3,4)15-11-12-8-7-9-13(10-12)16-6-2/h7-10,15H,5-6,11H2,1-4H3.